The van der Waals surface area contributed by atoms with Crippen LogP contribution in [0.4, 0.5) is 0 Å². The summed E-state index contributed by atoms with van der Waals surface area (Å²) in [5.74, 6) is 1.01. The molecule has 1 amide bonds. The zero-order chi connectivity index (χ0) is 21.0. The molecule has 0 N–H and O–H groups in total. The molecule has 0 saturated carbocycles. The molecule has 0 fully saturated rings. The quantitative estimate of drug-likeness (QED) is 0.571. The van der Waals surface area contributed by atoms with Gasteiger partial charge in [0.2, 0.25) is 5.91 Å². The largest absolute Gasteiger partial charge is 0.493 e. The van der Waals surface area contributed by atoms with Gasteiger partial charge in [0.15, 0.2) is 11.5 Å². The number of amides is 1. The van der Waals surface area contributed by atoms with E-state index in [4.69, 9.17) is 9.47 Å². The molecule has 9 nitrogen and oxygen atoms in total. The Morgan fingerprint density at radius 2 is 1.93 bits per heavy atom. The maximum atomic E-state index is 12.8. The van der Waals surface area contributed by atoms with Crippen molar-refractivity contribution in [1.82, 2.24) is 24.2 Å². The molecule has 0 spiro atoms. The maximum Gasteiger partial charge on any atom is 0.261 e. The summed E-state index contributed by atoms with van der Waals surface area (Å²) >= 11 is 0. The Labute approximate surface area is 168 Å². The highest BCUT2D eigenvalue weighted by atomic mass is 16.5. The number of aromatic nitrogens is 4. The first-order valence-electron chi connectivity index (χ1n) is 9.25. The number of ether oxygens (including phenoxy) is 2. The van der Waals surface area contributed by atoms with Crippen LogP contribution in [-0.2, 0) is 24.9 Å². The molecule has 0 unspecified atom stereocenters. The van der Waals surface area contributed by atoms with Crippen molar-refractivity contribution in [3.05, 3.63) is 46.8 Å². The summed E-state index contributed by atoms with van der Waals surface area (Å²) in [5, 5.41) is 4.55. The van der Waals surface area contributed by atoms with Gasteiger partial charge in [-0.25, -0.2) is 4.98 Å². The van der Waals surface area contributed by atoms with E-state index in [1.54, 1.807) is 35.0 Å². The molecule has 2 aromatic heterocycles. The van der Waals surface area contributed by atoms with Crippen LogP contribution in [0, 0.1) is 0 Å². The van der Waals surface area contributed by atoms with Crippen LogP contribution in [0.3, 0.4) is 0 Å². The van der Waals surface area contributed by atoms with Gasteiger partial charge < -0.3 is 14.4 Å². The number of carbonyl (C=O) groups is 1. The summed E-state index contributed by atoms with van der Waals surface area (Å²) in [5.41, 5.74) is 1.34. The number of methoxy groups -OCH3 is 2. The molecule has 29 heavy (non-hydrogen) atoms. The van der Waals surface area contributed by atoms with Crippen LogP contribution in [0.25, 0.3) is 10.9 Å². The lowest BCUT2D eigenvalue weighted by Gasteiger charge is -2.16. The van der Waals surface area contributed by atoms with Gasteiger partial charge in [0.05, 0.1) is 37.6 Å². The third-order valence-corrected chi connectivity index (χ3v) is 4.72. The number of rotatable bonds is 8. The van der Waals surface area contributed by atoms with Crippen molar-refractivity contribution >= 4 is 16.8 Å². The molecule has 1 aromatic carbocycles. The average Bonchev–Trinajstić information content (AvgIpc) is 3.13. The normalized spacial score (nSPS) is 10.9. The number of hydrogen-bond acceptors (Lipinski definition) is 6. The Hall–Kier alpha value is -3.36. The molecule has 2 heterocycles. The Bertz CT molecular complexity index is 1070. The standard InChI is InChI=1S/C20H25N5O4/c1-23(11-14-10-22-24(2)12-14)19(26)6-5-7-25-13-21-16-9-18(29-4)17(28-3)8-15(16)20(25)27/h8-10,12-13H,5-7,11H2,1-4H3. The zero-order valence-corrected chi connectivity index (χ0v) is 17.1. The Balaban J connectivity index is 1.65. The van der Waals surface area contributed by atoms with Gasteiger partial charge in [-0.3, -0.25) is 18.8 Å². The lowest BCUT2D eigenvalue weighted by Crippen LogP contribution is -2.27. The summed E-state index contributed by atoms with van der Waals surface area (Å²) in [6.45, 7) is 0.911. The van der Waals surface area contributed by atoms with Gasteiger partial charge in [-0.15, -0.1) is 0 Å². The molecule has 0 radical (unpaired) electrons. The molecule has 0 atom stereocenters. The van der Waals surface area contributed by atoms with E-state index in [2.05, 4.69) is 10.1 Å². The highest BCUT2D eigenvalue weighted by Crippen LogP contribution is 2.29. The second kappa shape index (κ2) is 8.76. The molecule has 0 aliphatic heterocycles. The topological polar surface area (TPSA) is 91.5 Å². The number of nitrogens with zero attached hydrogens (tertiary/aromatic N) is 5. The first-order chi connectivity index (χ1) is 13.9. The predicted octanol–water partition coefficient (Wildman–Crippen LogP) is 1.59. The van der Waals surface area contributed by atoms with E-state index < -0.39 is 0 Å². The molecular formula is C20H25N5O4. The first-order valence-corrected chi connectivity index (χ1v) is 9.25. The summed E-state index contributed by atoms with van der Waals surface area (Å²) in [4.78, 5) is 31.1. The van der Waals surface area contributed by atoms with Crippen LogP contribution < -0.4 is 15.0 Å². The molecule has 154 valence electrons. The Kier molecular flexibility index (Phi) is 6.16. The third-order valence-electron chi connectivity index (χ3n) is 4.72. The zero-order valence-electron chi connectivity index (χ0n) is 17.1. The second-order valence-corrected chi connectivity index (χ2v) is 6.84. The lowest BCUT2D eigenvalue weighted by atomic mass is 10.2. The fraction of sp³-hybridized carbons (Fsp3) is 0.400. The molecule has 3 aromatic rings. The van der Waals surface area contributed by atoms with Crippen molar-refractivity contribution in [3.8, 4) is 11.5 Å². The SMILES string of the molecule is COc1cc2ncn(CCCC(=O)N(C)Cc3cnn(C)c3)c(=O)c2cc1OC. The number of hydrogen-bond donors (Lipinski definition) is 0. The minimum atomic E-state index is -0.174. The smallest absolute Gasteiger partial charge is 0.261 e. The van der Waals surface area contributed by atoms with Crippen molar-refractivity contribution in [3.63, 3.8) is 0 Å². The molecule has 0 aliphatic carbocycles. The van der Waals surface area contributed by atoms with E-state index in [0.717, 1.165) is 5.56 Å². The van der Waals surface area contributed by atoms with Crippen molar-refractivity contribution in [2.45, 2.75) is 25.9 Å². The Morgan fingerprint density at radius 1 is 1.21 bits per heavy atom. The van der Waals surface area contributed by atoms with E-state index in [1.165, 1.54) is 25.1 Å². The van der Waals surface area contributed by atoms with Gasteiger partial charge in [0.1, 0.15) is 0 Å². The predicted molar refractivity (Wildman–Crippen MR) is 108 cm³/mol. The van der Waals surface area contributed by atoms with Crippen LogP contribution in [0.2, 0.25) is 0 Å². The molecule has 9 heteroatoms. The number of benzene rings is 1. The lowest BCUT2D eigenvalue weighted by molar-refractivity contribution is -0.130. The van der Waals surface area contributed by atoms with Crippen molar-refractivity contribution in [2.24, 2.45) is 7.05 Å². The van der Waals surface area contributed by atoms with Crippen molar-refractivity contribution < 1.29 is 14.3 Å². The average molecular weight is 399 g/mol. The second-order valence-electron chi connectivity index (χ2n) is 6.84. The van der Waals surface area contributed by atoms with Crippen LogP contribution in [0.15, 0.2) is 35.6 Å². The summed E-state index contributed by atoms with van der Waals surface area (Å²) in [6.07, 6.45) is 6.00. The van der Waals surface area contributed by atoms with E-state index >= 15 is 0 Å². The van der Waals surface area contributed by atoms with Crippen LogP contribution in [-0.4, -0.2) is 51.4 Å². The third kappa shape index (κ3) is 4.56. The molecule has 0 bridgehead atoms. The van der Waals surface area contributed by atoms with Gasteiger partial charge in [-0.1, -0.05) is 0 Å². The van der Waals surface area contributed by atoms with Crippen LogP contribution >= 0.6 is 0 Å². The highest BCUT2D eigenvalue weighted by molar-refractivity contribution is 5.81. The van der Waals surface area contributed by atoms with E-state index in [9.17, 15) is 9.59 Å². The van der Waals surface area contributed by atoms with E-state index in [0.29, 0.717) is 48.3 Å². The maximum absolute atomic E-state index is 12.8. The van der Waals surface area contributed by atoms with Gasteiger partial charge in [0, 0.05) is 51.4 Å². The Morgan fingerprint density at radius 3 is 2.59 bits per heavy atom. The van der Waals surface area contributed by atoms with Gasteiger partial charge in [-0.2, -0.15) is 5.10 Å². The van der Waals surface area contributed by atoms with Gasteiger partial charge >= 0.3 is 0 Å². The van der Waals surface area contributed by atoms with E-state index in [1.807, 2.05) is 13.2 Å². The summed E-state index contributed by atoms with van der Waals surface area (Å²) in [7, 11) is 6.66. The fourth-order valence-electron chi connectivity index (χ4n) is 3.15. The summed E-state index contributed by atoms with van der Waals surface area (Å²) < 4.78 is 13.7. The number of carbonyl (C=O) groups excluding carboxylic acids is 1. The minimum Gasteiger partial charge on any atom is -0.493 e. The molecule has 0 saturated heterocycles. The number of fused-ring (bicyclic) bond motifs is 1. The molecule has 0 aliphatic rings. The van der Waals surface area contributed by atoms with Gasteiger partial charge in [-0.05, 0) is 12.5 Å². The van der Waals surface area contributed by atoms with Crippen molar-refractivity contribution in [2.75, 3.05) is 21.3 Å². The molecular weight excluding hydrogens is 374 g/mol. The van der Waals surface area contributed by atoms with Crippen LogP contribution in [0.1, 0.15) is 18.4 Å². The summed E-state index contributed by atoms with van der Waals surface area (Å²) in [6, 6.07) is 3.31. The monoisotopic (exact) mass is 399 g/mol. The fourth-order valence-corrected chi connectivity index (χ4v) is 3.15. The number of aryl methyl sites for hydroxylation is 2. The van der Waals surface area contributed by atoms with Gasteiger partial charge in [0.25, 0.3) is 5.56 Å². The highest BCUT2D eigenvalue weighted by Gasteiger charge is 2.13. The first kappa shape index (κ1) is 20.4. The van der Waals surface area contributed by atoms with Crippen LogP contribution in [0.5, 0.6) is 11.5 Å². The molecule has 3 rings (SSSR count). The van der Waals surface area contributed by atoms with Crippen molar-refractivity contribution in [1.29, 1.82) is 0 Å². The van der Waals surface area contributed by atoms with E-state index in [-0.39, 0.29) is 11.5 Å². The minimum absolute atomic E-state index is 0.0158.